The third-order valence-electron chi connectivity index (χ3n) is 3.20. The molecule has 6 nitrogen and oxygen atoms in total. The van der Waals surface area contributed by atoms with Gasteiger partial charge in [0, 0.05) is 19.6 Å². The predicted molar refractivity (Wildman–Crippen MR) is 78.1 cm³/mol. The van der Waals surface area contributed by atoms with Gasteiger partial charge in [0.05, 0.1) is 46.2 Å². The van der Waals surface area contributed by atoms with Gasteiger partial charge in [0.15, 0.2) is 0 Å². The van der Waals surface area contributed by atoms with Gasteiger partial charge in [-0.3, -0.25) is 0 Å². The molecule has 0 spiro atoms. The number of rotatable bonds is 14. The topological polar surface area (TPSA) is 63.2 Å². The molecule has 120 valence electrons. The average Bonchev–Trinajstić information content (AvgIpc) is 2.97. The second-order valence-corrected chi connectivity index (χ2v) is 4.86. The maximum atomic E-state index is 8.50. The van der Waals surface area contributed by atoms with Crippen molar-refractivity contribution in [3.05, 3.63) is 0 Å². The molecule has 6 heteroatoms. The largest absolute Gasteiger partial charge is 0.394 e. The van der Waals surface area contributed by atoms with Gasteiger partial charge in [-0.1, -0.05) is 0 Å². The fraction of sp³-hybridized carbons (Fsp3) is 1.00. The van der Waals surface area contributed by atoms with Gasteiger partial charge >= 0.3 is 0 Å². The lowest BCUT2D eigenvalue weighted by Crippen LogP contribution is -2.27. The Labute approximate surface area is 122 Å². The van der Waals surface area contributed by atoms with Gasteiger partial charge in [-0.2, -0.15) is 0 Å². The molecule has 1 saturated heterocycles. The average molecular weight is 290 g/mol. The van der Waals surface area contributed by atoms with Crippen molar-refractivity contribution in [3.8, 4) is 0 Å². The van der Waals surface area contributed by atoms with Crippen molar-refractivity contribution in [1.29, 1.82) is 0 Å². The predicted octanol–water partition coefficient (Wildman–Crippen LogP) is -0.286. The van der Waals surface area contributed by atoms with E-state index in [4.69, 9.17) is 19.3 Å². The van der Waals surface area contributed by atoms with E-state index in [0.29, 0.717) is 26.4 Å². The van der Waals surface area contributed by atoms with E-state index in [1.165, 1.54) is 25.9 Å². The van der Waals surface area contributed by atoms with Crippen LogP contribution in [-0.4, -0.2) is 89.0 Å². The minimum Gasteiger partial charge on any atom is -0.394 e. The molecule has 1 aliphatic rings. The number of hydrogen-bond acceptors (Lipinski definition) is 6. The van der Waals surface area contributed by atoms with Gasteiger partial charge in [-0.05, 0) is 25.9 Å². The normalized spacial score (nSPS) is 16.1. The summed E-state index contributed by atoms with van der Waals surface area (Å²) in [4.78, 5) is 2.46. The highest BCUT2D eigenvalue weighted by Gasteiger charge is 2.09. The van der Waals surface area contributed by atoms with Crippen LogP contribution in [0.2, 0.25) is 0 Å². The highest BCUT2D eigenvalue weighted by molar-refractivity contribution is 4.65. The zero-order valence-electron chi connectivity index (χ0n) is 12.5. The molecule has 1 fully saturated rings. The number of ether oxygens (including phenoxy) is 3. The van der Waals surface area contributed by atoms with Crippen molar-refractivity contribution in [1.82, 2.24) is 10.2 Å². The summed E-state index contributed by atoms with van der Waals surface area (Å²) in [7, 11) is 0. The van der Waals surface area contributed by atoms with Crippen molar-refractivity contribution >= 4 is 0 Å². The molecule has 0 aromatic heterocycles. The van der Waals surface area contributed by atoms with Gasteiger partial charge in [0.2, 0.25) is 0 Å². The molecule has 0 bridgehead atoms. The van der Waals surface area contributed by atoms with E-state index >= 15 is 0 Å². The van der Waals surface area contributed by atoms with Crippen molar-refractivity contribution in [2.45, 2.75) is 12.8 Å². The van der Waals surface area contributed by atoms with Gasteiger partial charge < -0.3 is 29.5 Å². The Morgan fingerprint density at radius 3 is 2.05 bits per heavy atom. The van der Waals surface area contributed by atoms with Crippen molar-refractivity contribution in [2.24, 2.45) is 0 Å². The second kappa shape index (κ2) is 13.7. The number of aliphatic hydroxyl groups is 1. The van der Waals surface area contributed by atoms with E-state index in [9.17, 15) is 0 Å². The summed E-state index contributed by atoms with van der Waals surface area (Å²) in [6.45, 7) is 9.08. The molecule has 0 aliphatic carbocycles. The van der Waals surface area contributed by atoms with Crippen LogP contribution < -0.4 is 5.32 Å². The van der Waals surface area contributed by atoms with Crippen molar-refractivity contribution in [2.75, 3.05) is 79.0 Å². The molecule has 1 rings (SSSR count). The summed E-state index contributed by atoms with van der Waals surface area (Å²) in [5.41, 5.74) is 0. The van der Waals surface area contributed by atoms with Gasteiger partial charge in [0.1, 0.15) is 0 Å². The quantitative estimate of drug-likeness (QED) is 0.429. The molecular formula is C14H30N2O4. The first-order valence-corrected chi connectivity index (χ1v) is 7.70. The van der Waals surface area contributed by atoms with E-state index < -0.39 is 0 Å². The number of likely N-dealkylation sites (tertiary alicyclic amines) is 1. The molecule has 1 heterocycles. The van der Waals surface area contributed by atoms with Crippen LogP contribution in [0, 0.1) is 0 Å². The first kappa shape index (κ1) is 17.8. The van der Waals surface area contributed by atoms with E-state index in [1.807, 2.05) is 0 Å². The summed E-state index contributed by atoms with van der Waals surface area (Å²) in [5.74, 6) is 0. The number of nitrogens with zero attached hydrogens (tertiary/aromatic N) is 1. The summed E-state index contributed by atoms with van der Waals surface area (Å²) in [5, 5.41) is 11.8. The van der Waals surface area contributed by atoms with Crippen LogP contribution in [0.4, 0.5) is 0 Å². The zero-order valence-corrected chi connectivity index (χ0v) is 12.5. The number of nitrogens with one attached hydrogen (secondary N) is 1. The molecule has 0 aromatic rings. The van der Waals surface area contributed by atoms with Crippen LogP contribution in [0.1, 0.15) is 12.8 Å². The van der Waals surface area contributed by atoms with Crippen LogP contribution >= 0.6 is 0 Å². The summed E-state index contributed by atoms with van der Waals surface area (Å²) < 4.78 is 16.0. The molecule has 20 heavy (non-hydrogen) atoms. The molecule has 0 atom stereocenters. The Kier molecular flexibility index (Phi) is 12.2. The summed E-state index contributed by atoms with van der Waals surface area (Å²) in [6, 6.07) is 0. The van der Waals surface area contributed by atoms with Crippen LogP contribution in [0.5, 0.6) is 0 Å². The Morgan fingerprint density at radius 1 is 0.800 bits per heavy atom. The van der Waals surface area contributed by atoms with Crippen LogP contribution in [-0.2, 0) is 14.2 Å². The minimum absolute atomic E-state index is 0.0688. The van der Waals surface area contributed by atoms with Crippen molar-refractivity contribution in [3.63, 3.8) is 0 Å². The second-order valence-electron chi connectivity index (χ2n) is 4.86. The highest BCUT2D eigenvalue weighted by atomic mass is 16.5. The highest BCUT2D eigenvalue weighted by Crippen LogP contribution is 2.05. The molecule has 1 aliphatic heterocycles. The Bertz CT molecular complexity index is 202. The Balaban J connectivity index is 1.66. The maximum absolute atomic E-state index is 8.50. The molecule has 0 unspecified atom stereocenters. The number of aliphatic hydroxyl groups excluding tert-OH is 1. The summed E-state index contributed by atoms with van der Waals surface area (Å²) in [6.07, 6.45) is 2.68. The molecule has 0 saturated carbocycles. The lowest BCUT2D eigenvalue weighted by atomic mass is 10.4. The van der Waals surface area contributed by atoms with E-state index in [2.05, 4.69) is 10.2 Å². The maximum Gasteiger partial charge on any atom is 0.0701 e. The third-order valence-corrected chi connectivity index (χ3v) is 3.20. The van der Waals surface area contributed by atoms with E-state index in [0.717, 1.165) is 32.8 Å². The SMILES string of the molecule is OCCOCCOCCNCCOCCN1CCCC1. The van der Waals surface area contributed by atoms with Crippen LogP contribution in [0.25, 0.3) is 0 Å². The standard InChI is InChI=1S/C14H30N2O4/c17-8-12-20-14-13-19-10-4-15-3-9-18-11-7-16-5-1-2-6-16/h15,17H,1-14H2. The lowest BCUT2D eigenvalue weighted by Gasteiger charge is -2.14. The lowest BCUT2D eigenvalue weighted by molar-refractivity contribution is 0.0335. The van der Waals surface area contributed by atoms with Crippen LogP contribution in [0.15, 0.2) is 0 Å². The van der Waals surface area contributed by atoms with E-state index in [1.54, 1.807) is 0 Å². The monoisotopic (exact) mass is 290 g/mol. The first-order valence-electron chi connectivity index (χ1n) is 7.70. The molecule has 0 radical (unpaired) electrons. The summed E-state index contributed by atoms with van der Waals surface area (Å²) >= 11 is 0. The molecular weight excluding hydrogens is 260 g/mol. The molecule has 0 amide bonds. The fourth-order valence-corrected chi connectivity index (χ4v) is 2.10. The molecule has 0 aromatic carbocycles. The van der Waals surface area contributed by atoms with Gasteiger partial charge in [0.25, 0.3) is 0 Å². The number of hydrogen-bond donors (Lipinski definition) is 2. The van der Waals surface area contributed by atoms with E-state index in [-0.39, 0.29) is 6.61 Å². The van der Waals surface area contributed by atoms with Crippen molar-refractivity contribution < 1.29 is 19.3 Å². The smallest absolute Gasteiger partial charge is 0.0701 e. The molecule has 2 N–H and O–H groups in total. The first-order chi connectivity index (χ1) is 9.93. The Morgan fingerprint density at radius 2 is 1.40 bits per heavy atom. The van der Waals surface area contributed by atoms with Crippen LogP contribution in [0.3, 0.4) is 0 Å². The Hall–Kier alpha value is -0.240. The third kappa shape index (κ3) is 10.5. The van der Waals surface area contributed by atoms with Gasteiger partial charge in [-0.25, -0.2) is 0 Å². The zero-order chi connectivity index (χ0) is 14.3. The fourth-order valence-electron chi connectivity index (χ4n) is 2.10. The minimum atomic E-state index is 0.0688. The van der Waals surface area contributed by atoms with Gasteiger partial charge in [-0.15, -0.1) is 0 Å².